The van der Waals surface area contributed by atoms with E-state index in [1.54, 1.807) is 24.3 Å². The number of aromatic hydroxyl groups is 2. The van der Waals surface area contributed by atoms with Crippen LogP contribution in [0.4, 0.5) is 0 Å². The number of aromatic nitrogens is 1. The van der Waals surface area contributed by atoms with Crippen molar-refractivity contribution in [3.8, 4) is 45.1 Å². The maximum Gasteiger partial charge on any atom is 0.115 e. The number of aryl methyl sites for hydroxylation is 1. The number of rotatable bonds is 3. The summed E-state index contributed by atoms with van der Waals surface area (Å²) in [4.78, 5) is 4.81. The summed E-state index contributed by atoms with van der Waals surface area (Å²) in [7, 11) is 0. The van der Waals surface area contributed by atoms with Crippen LogP contribution in [-0.2, 0) is 0 Å². The van der Waals surface area contributed by atoms with Crippen LogP contribution >= 0.6 is 0 Å². The van der Waals surface area contributed by atoms with E-state index < -0.39 is 0 Å². The summed E-state index contributed by atoms with van der Waals surface area (Å²) in [5, 5.41) is 19.2. The van der Waals surface area contributed by atoms with Crippen LogP contribution in [0.25, 0.3) is 33.6 Å². The van der Waals surface area contributed by atoms with E-state index in [-0.39, 0.29) is 11.5 Å². The van der Waals surface area contributed by atoms with Gasteiger partial charge in [-0.2, -0.15) is 0 Å². The summed E-state index contributed by atoms with van der Waals surface area (Å²) in [5.74, 6) is 0.458. The standard InChI is InChI=1S/C24H19NO2/c1-16-2-4-17(5-3-16)20-14-23(18-6-10-21(26)11-7-18)25-24(15-20)19-8-12-22(27)13-9-19/h2-15,26-27H,1H3. The molecule has 3 aromatic carbocycles. The zero-order valence-electron chi connectivity index (χ0n) is 14.9. The third-order valence-electron chi connectivity index (χ3n) is 4.54. The minimum atomic E-state index is 0.229. The van der Waals surface area contributed by atoms with Gasteiger partial charge >= 0.3 is 0 Å². The topological polar surface area (TPSA) is 53.4 Å². The quantitative estimate of drug-likeness (QED) is 0.489. The molecule has 4 aromatic rings. The number of phenolic OH excluding ortho intramolecular Hbond substituents is 2. The lowest BCUT2D eigenvalue weighted by atomic mass is 9.99. The molecular formula is C24H19NO2. The van der Waals surface area contributed by atoms with Crippen LogP contribution in [0, 0.1) is 6.92 Å². The molecule has 1 aromatic heterocycles. The van der Waals surface area contributed by atoms with Crippen molar-refractivity contribution in [3.05, 3.63) is 90.5 Å². The zero-order chi connectivity index (χ0) is 18.8. The van der Waals surface area contributed by atoms with Crippen LogP contribution in [0.15, 0.2) is 84.9 Å². The molecule has 132 valence electrons. The number of benzene rings is 3. The molecule has 0 aliphatic heterocycles. The number of phenols is 2. The van der Waals surface area contributed by atoms with Crippen molar-refractivity contribution >= 4 is 0 Å². The highest BCUT2D eigenvalue weighted by Crippen LogP contribution is 2.31. The van der Waals surface area contributed by atoms with Crippen LogP contribution in [0.5, 0.6) is 11.5 Å². The van der Waals surface area contributed by atoms with Crippen molar-refractivity contribution in [1.29, 1.82) is 0 Å². The van der Waals surface area contributed by atoms with Gasteiger partial charge in [-0.1, -0.05) is 29.8 Å². The molecule has 3 heteroatoms. The van der Waals surface area contributed by atoms with Gasteiger partial charge in [0, 0.05) is 11.1 Å². The van der Waals surface area contributed by atoms with Gasteiger partial charge in [0.05, 0.1) is 11.4 Å². The predicted molar refractivity (Wildman–Crippen MR) is 109 cm³/mol. The Labute approximate surface area is 158 Å². The summed E-state index contributed by atoms with van der Waals surface area (Å²) in [6, 6.07) is 26.6. The first kappa shape index (κ1) is 16.9. The van der Waals surface area contributed by atoms with E-state index in [0.29, 0.717) is 0 Å². The van der Waals surface area contributed by atoms with Crippen molar-refractivity contribution in [3.63, 3.8) is 0 Å². The lowest BCUT2D eigenvalue weighted by Gasteiger charge is -2.11. The van der Waals surface area contributed by atoms with Crippen molar-refractivity contribution < 1.29 is 10.2 Å². The molecule has 0 atom stereocenters. The molecule has 27 heavy (non-hydrogen) atoms. The van der Waals surface area contributed by atoms with Crippen LogP contribution < -0.4 is 0 Å². The van der Waals surface area contributed by atoms with Crippen molar-refractivity contribution in [2.75, 3.05) is 0 Å². The highest BCUT2D eigenvalue weighted by Gasteiger charge is 2.09. The van der Waals surface area contributed by atoms with Gasteiger partial charge in [0.15, 0.2) is 0 Å². The molecule has 2 N–H and O–H groups in total. The Morgan fingerprint density at radius 2 is 0.926 bits per heavy atom. The van der Waals surface area contributed by atoms with Crippen LogP contribution in [0.1, 0.15) is 5.56 Å². The number of hydrogen-bond acceptors (Lipinski definition) is 3. The number of nitrogens with zero attached hydrogens (tertiary/aromatic N) is 1. The Morgan fingerprint density at radius 3 is 1.37 bits per heavy atom. The van der Waals surface area contributed by atoms with Gasteiger partial charge < -0.3 is 10.2 Å². The van der Waals surface area contributed by atoms with Gasteiger partial charge in [0.2, 0.25) is 0 Å². The fourth-order valence-electron chi connectivity index (χ4n) is 3.00. The summed E-state index contributed by atoms with van der Waals surface area (Å²) in [6.45, 7) is 2.07. The van der Waals surface area contributed by atoms with Gasteiger partial charge in [-0.15, -0.1) is 0 Å². The van der Waals surface area contributed by atoms with Gasteiger partial charge in [-0.25, -0.2) is 4.98 Å². The van der Waals surface area contributed by atoms with Crippen molar-refractivity contribution in [1.82, 2.24) is 4.98 Å². The fraction of sp³-hybridized carbons (Fsp3) is 0.0417. The zero-order valence-corrected chi connectivity index (χ0v) is 14.9. The Hall–Kier alpha value is -3.59. The van der Waals surface area contributed by atoms with Crippen LogP contribution in [0.3, 0.4) is 0 Å². The van der Waals surface area contributed by atoms with Crippen LogP contribution in [-0.4, -0.2) is 15.2 Å². The molecule has 0 bridgehead atoms. The monoisotopic (exact) mass is 353 g/mol. The molecule has 0 amide bonds. The van der Waals surface area contributed by atoms with Gasteiger partial charge in [0.1, 0.15) is 11.5 Å². The first-order valence-corrected chi connectivity index (χ1v) is 8.76. The third-order valence-corrected chi connectivity index (χ3v) is 4.54. The lowest BCUT2D eigenvalue weighted by molar-refractivity contribution is 0.475. The molecule has 0 spiro atoms. The summed E-state index contributed by atoms with van der Waals surface area (Å²) < 4.78 is 0. The highest BCUT2D eigenvalue weighted by atomic mass is 16.3. The molecule has 3 nitrogen and oxygen atoms in total. The first-order chi connectivity index (χ1) is 13.1. The highest BCUT2D eigenvalue weighted by molar-refractivity contribution is 5.76. The van der Waals surface area contributed by atoms with Gasteiger partial charge in [-0.05, 0) is 78.7 Å². The number of pyridine rings is 1. The third kappa shape index (κ3) is 3.67. The molecular weight excluding hydrogens is 334 g/mol. The molecule has 1 heterocycles. The Kier molecular flexibility index (Phi) is 4.35. The first-order valence-electron chi connectivity index (χ1n) is 8.76. The van der Waals surface area contributed by atoms with E-state index >= 15 is 0 Å². The van der Waals surface area contributed by atoms with E-state index in [1.165, 1.54) is 5.56 Å². The molecule has 0 saturated carbocycles. The van der Waals surface area contributed by atoms with Crippen LogP contribution in [0.2, 0.25) is 0 Å². The molecule has 0 radical (unpaired) electrons. The maximum atomic E-state index is 9.58. The minimum absolute atomic E-state index is 0.229. The minimum Gasteiger partial charge on any atom is -0.508 e. The molecule has 0 aliphatic carbocycles. The second-order valence-electron chi connectivity index (χ2n) is 6.59. The molecule has 0 fully saturated rings. The van der Waals surface area contributed by atoms with E-state index in [0.717, 1.165) is 33.6 Å². The second-order valence-corrected chi connectivity index (χ2v) is 6.59. The normalized spacial score (nSPS) is 10.7. The van der Waals surface area contributed by atoms with Gasteiger partial charge in [0.25, 0.3) is 0 Å². The Balaban J connectivity index is 1.89. The smallest absolute Gasteiger partial charge is 0.115 e. The SMILES string of the molecule is Cc1ccc(-c2cc(-c3ccc(O)cc3)nc(-c3ccc(O)cc3)c2)cc1. The Bertz CT molecular complexity index is 913. The summed E-state index contributed by atoms with van der Waals surface area (Å²) >= 11 is 0. The van der Waals surface area contributed by atoms with Gasteiger partial charge in [-0.3, -0.25) is 0 Å². The number of hydrogen-bond donors (Lipinski definition) is 2. The van der Waals surface area contributed by atoms with E-state index in [4.69, 9.17) is 4.98 Å². The Morgan fingerprint density at radius 1 is 0.519 bits per heavy atom. The maximum absolute atomic E-state index is 9.58. The molecule has 0 saturated heterocycles. The van der Waals surface area contributed by atoms with Crippen molar-refractivity contribution in [2.45, 2.75) is 6.92 Å². The predicted octanol–water partition coefficient (Wildman–Crippen LogP) is 5.80. The fourth-order valence-corrected chi connectivity index (χ4v) is 3.00. The molecule has 0 unspecified atom stereocenters. The summed E-state index contributed by atoms with van der Waals surface area (Å²) in [6.07, 6.45) is 0. The molecule has 4 rings (SSSR count). The molecule has 0 aliphatic rings. The summed E-state index contributed by atoms with van der Waals surface area (Å²) in [5.41, 5.74) is 6.92. The lowest BCUT2D eigenvalue weighted by Crippen LogP contribution is -1.91. The van der Waals surface area contributed by atoms with E-state index in [1.807, 2.05) is 24.3 Å². The average molecular weight is 353 g/mol. The largest absolute Gasteiger partial charge is 0.508 e. The average Bonchev–Trinajstić information content (AvgIpc) is 2.69. The second kappa shape index (κ2) is 6.96. The van der Waals surface area contributed by atoms with E-state index in [9.17, 15) is 10.2 Å². The van der Waals surface area contributed by atoms with Crippen molar-refractivity contribution in [2.24, 2.45) is 0 Å². The van der Waals surface area contributed by atoms with E-state index in [2.05, 4.69) is 43.3 Å².